The molecule has 0 fully saturated rings. The average molecular weight is 340 g/mol. The van der Waals surface area contributed by atoms with Crippen LogP contribution in [-0.2, 0) is 20.0 Å². The van der Waals surface area contributed by atoms with Gasteiger partial charge in [-0.05, 0) is 31.4 Å². The minimum atomic E-state index is 0.0471. The molecule has 1 aliphatic heterocycles. The van der Waals surface area contributed by atoms with Gasteiger partial charge in [0.2, 0.25) is 0 Å². The van der Waals surface area contributed by atoms with Crippen LogP contribution < -0.4 is 10.1 Å². The second-order valence-electron chi connectivity index (χ2n) is 6.80. The maximum atomic E-state index is 13.3. The Hall–Kier alpha value is -2.34. The number of aromatic nitrogens is 2. The van der Waals surface area contributed by atoms with Gasteiger partial charge in [-0.2, -0.15) is 5.10 Å². The number of hydrogen-bond acceptors (Lipinski definition) is 4. The van der Waals surface area contributed by atoms with Crippen LogP contribution in [0.3, 0.4) is 0 Å². The van der Waals surface area contributed by atoms with Gasteiger partial charge in [0.1, 0.15) is 12.4 Å². The number of hydrogen-bond donors (Lipinski definition) is 1. The third-order valence-corrected chi connectivity index (χ3v) is 5.33. The molecule has 0 saturated heterocycles. The monoisotopic (exact) mass is 340 g/mol. The van der Waals surface area contributed by atoms with Crippen molar-refractivity contribution in [2.24, 2.45) is 7.05 Å². The van der Waals surface area contributed by atoms with E-state index in [1.54, 1.807) is 0 Å². The van der Waals surface area contributed by atoms with Crippen molar-refractivity contribution in [1.82, 2.24) is 20.0 Å². The molecule has 6 nitrogen and oxygen atoms in total. The van der Waals surface area contributed by atoms with Gasteiger partial charge in [-0.1, -0.05) is 6.07 Å². The highest BCUT2D eigenvalue weighted by Crippen LogP contribution is 2.35. The first-order valence-corrected chi connectivity index (χ1v) is 8.90. The molecule has 2 heterocycles. The standard InChI is InChI=1S/C19H24N4O2/c1-22(16-6-4-7-17-15(16)12-21-23(17)2)19(24)13-5-3-8-18-14(13)11-20-9-10-25-18/h3,5,8,12,16,20H,4,6-7,9-11H2,1-2H3. The SMILES string of the molecule is CN(C(=O)c1cccc2c1CNCCO2)C1CCCc2c1cnn2C. The molecule has 6 heteroatoms. The molecule has 1 unspecified atom stereocenters. The fourth-order valence-electron chi connectivity index (χ4n) is 3.95. The highest BCUT2D eigenvalue weighted by Gasteiger charge is 2.31. The Kier molecular flexibility index (Phi) is 4.21. The lowest BCUT2D eigenvalue weighted by molar-refractivity contribution is 0.0713. The quantitative estimate of drug-likeness (QED) is 0.909. The van der Waals surface area contributed by atoms with Crippen molar-refractivity contribution in [3.63, 3.8) is 0 Å². The van der Waals surface area contributed by atoms with Crippen LogP contribution in [-0.4, -0.2) is 40.8 Å². The van der Waals surface area contributed by atoms with E-state index in [9.17, 15) is 4.79 Å². The molecule has 0 radical (unpaired) electrons. The zero-order valence-corrected chi connectivity index (χ0v) is 14.8. The Balaban J connectivity index is 1.66. The molecule has 1 aromatic heterocycles. The summed E-state index contributed by atoms with van der Waals surface area (Å²) in [5, 5.41) is 7.72. The molecule has 0 bridgehead atoms. The summed E-state index contributed by atoms with van der Waals surface area (Å²) in [5.41, 5.74) is 4.11. The summed E-state index contributed by atoms with van der Waals surface area (Å²) in [5.74, 6) is 0.862. The molecule has 2 aliphatic rings. The number of amides is 1. The molecular weight excluding hydrogens is 316 g/mol. The summed E-state index contributed by atoms with van der Waals surface area (Å²) >= 11 is 0. The first kappa shape index (κ1) is 16.1. The van der Waals surface area contributed by atoms with Crippen molar-refractivity contribution in [2.45, 2.75) is 31.8 Å². The van der Waals surface area contributed by atoms with Crippen molar-refractivity contribution in [3.05, 3.63) is 46.8 Å². The van der Waals surface area contributed by atoms with Crippen LogP contribution in [0.4, 0.5) is 0 Å². The number of nitrogens with one attached hydrogen (secondary N) is 1. The molecule has 4 rings (SSSR count). The molecule has 1 N–H and O–H groups in total. The molecular formula is C19H24N4O2. The van der Waals surface area contributed by atoms with Crippen LogP contribution >= 0.6 is 0 Å². The van der Waals surface area contributed by atoms with Crippen LogP contribution in [0.2, 0.25) is 0 Å². The summed E-state index contributed by atoms with van der Waals surface area (Å²) in [6.45, 7) is 2.08. The molecule has 0 saturated carbocycles. The smallest absolute Gasteiger partial charge is 0.254 e. The van der Waals surface area contributed by atoms with E-state index in [-0.39, 0.29) is 11.9 Å². The van der Waals surface area contributed by atoms with Gasteiger partial charge in [0.25, 0.3) is 5.91 Å². The molecule has 1 aromatic carbocycles. The first-order chi connectivity index (χ1) is 12.2. The van der Waals surface area contributed by atoms with Gasteiger partial charge >= 0.3 is 0 Å². The zero-order valence-electron chi connectivity index (χ0n) is 14.8. The largest absolute Gasteiger partial charge is 0.492 e. The number of fused-ring (bicyclic) bond motifs is 2. The summed E-state index contributed by atoms with van der Waals surface area (Å²) in [6.07, 6.45) is 5.00. The average Bonchev–Trinajstić information content (AvgIpc) is 2.86. The molecule has 1 amide bonds. The van der Waals surface area contributed by atoms with E-state index in [0.717, 1.165) is 42.7 Å². The minimum Gasteiger partial charge on any atom is -0.492 e. The van der Waals surface area contributed by atoms with Crippen LogP contribution in [0.5, 0.6) is 5.75 Å². The molecule has 0 spiro atoms. The Morgan fingerprint density at radius 3 is 3.20 bits per heavy atom. The van der Waals surface area contributed by atoms with E-state index in [1.807, 2.05) is 48.1 Å². The predicted octanol–water partition coefficient (Wildman–Crippen LogP) is 2.05. The van der Waals surface area contributed by atoms with Gasteiger partial charge in [-0.25, -0.2) is 0 Å². The second-order valence-corrected chi connectivity index (χ2v) is 6.80. The van der Waals surface area contributed by atoms with E-state index >= 15 is 0 Å². The molecule has 25 heavy (non-hydrogen) atoms. The highest BCUT2D eigenvalue weighted by atomic mass is 16.5. The Morgan fingerprint density at radius 1 is 1.44 bits per heavy atom. The van der Waals surface area contributed by atoms with Gasteiger partial charge < -0.3 is 15.0 Å². The summed E-state index contributed by atoms with van der Waals surface area (Å²) in [7, 11) is 3.88. The topological polar surface area (TPSA) is 59.4 Å². The van der Waals surface area contributed by atoms with E-state index in [0.29, 0.717) is 13.2 Å². The lowest BCUT2D eigenvalue weighted by atomic mass is 9.91. The maximum absolute atomic E-state index is 13.3. The second kappa shape index (κ2) is 6.52. The van der Waals surface area contributed by atoms with Crippen LogP contribution in [0.1, 0.15) is 46.1 Å². The number of carbonyl (C=O) groups is 1. The van der Waals surface area contributed by atoms with Gasteiger partial charge in [-0.15, -0.1) is 0 Å². The Bertz CT molecular complexity index is 799. The van der Waals surface area contributed by atoms with Crippen molar-refractivity contribution in [2.75, 3.05) is 20.2 Å². The summed E-state index contributed by atoms with van der Waals surface area (Å²) in [6, 6.07) is 5.84. The third kappa shape index (κ3) is 2.80. The lowest BCUT2D eigenvalue weighted by Crippen LogP contribution is -2.34. The summed E-state index contributed by atoms with van der Waals surface area (Å²) in [4.78, 5) is 15.1. The summed E-state index contributed by atoms with van der Waals surface area (Å²) < 4.78 is 7.71. The minimum absolute atomic E-state index is 0.0471. The number of nitrogens with zero attached hydrogens (tertiary/aromatic N) is 3. The van der Waals surface area contributed by atoms with Gasteiger partial charge in [0.15, 0.2) is 0 Å². The number of rotatable bonds is 2. The number of ether oxygens (including phenoxy) is 1. The van der Waals surface area contributed by atoms with Crippen molar-refractivity contribution < 1.29 is 9.53 Å². The van der Waals surface area contributed by atoms with Gasteiger partial charge in [-0.3, -0.25) is 9.48 Å². The number of benzene rings is 1. The first-order valence-electron chi connectivity index (χ1n) is 8.90. The third-order valence-electron chi connectivity index (χ3n) is 5.33. The fraction of sp³-hybridized carbons (Fsp3) is 0.474. The Morgan fingerprint density at radius 2 is 2.32 bits per heavy atom. The molecule has 1 atom stereocenters. The lowest BCUT2D eigenvalue weighted by Gasteiger charge is -2.32. The molecule has 132 valence electrons. The van der Waals surface area contributed by atoms with Gasteiger partial charge in [0.05, 0.1) is 12.2 Å². The van der Waals surface area contributed by atoms with E-state index in [4.69, 9.17) is 4.74 Å². The maximum Gasteiger partial charge on any atom is 0.254 e. The van der Waals surface area contributed by atoms with E-state index in [1.165, 1.54) is 11.3 Å². The van der Waals surface area contributed by atoms with Crippen LogP contribution in [0.25, 0.3) is 0 Å². The van der Waals surface area contributed by atoms with E-state index < -0.39 is 0 Å². The fourth-order valence-corrected chi connectivity index (χ4v) is 3.95. The molecule has 1 aliphatic carbocycles. The van der Waals surface area contributed by atoms with Crippen LogP contribution in [0, 0.1) is 0 Å². The van der Waals surface area contributed by atoms with Gasteiger partial charge in [0, 0.05) is 49.6 Å². The van der Waals surface area contributed by atoms with Crippen molar-refractivity contribution in [3.8, 4) is 5.75 Å². The number of carbonyl (C=O) groups excluding carboxylic acids is 1. The number of aryl methyl sites for hydroxylation is 1. The highest BCUT2D eigenvalue weighted by molar-refractivity contribution is 5.96. The predicted molar refractivity (Wildman–Crippen MR) is 94.6 cm³/mol. The molecule has 2 aromatic rings. The van der Waals surface area contributed by atoms with Crippen LogP contribution in [0.15, 0.2) is 24.4 Å². The Labute approximate surface area is 147 Å². The van der Waals surface area contributed by atoms with Crippen molar-refractivity contribution >= 4 is 5.91 Å². The normalized spacial score (nSPS) is 19.4. The van der Waals surface area contributed by atoms with E-state index in [2.05, 4.69) is 10.4 Å². The zero-order chi connectivity index (χ0) is 17.4. The van der Waals surface area contributed by atoms with Crippen molar-refractivity contribution in [1.29, 1.82) is 0 Å².